The minimum Gasteiger partial charge on any atom is -0.497 e. The third-order valence-corrected chi connectivity index (χ3v) is 3.50. The Labute approximate surface area is 118 Å². The van der Waals surface area contributed by atoms with Crippen molar-refractivity contribution in [3.63, 3.8) is 0 Å². The number of ether oxygens (including phenoxy) is 2. The van der Waals surface area contributed by atoms with Crippen LogP contribution in [0.3, 0.4) is 0 Å². The van der Waals surface area contributed by atoms with E-state index in [9.17, 15) is 0 Å². The van der Waals surface area contributed by atoms with Crippen LogP contribution < -0.4 is 9.47 Å². The van der Waals surface area contributed by atoms with E-state index in [1.54, 1.807) is 14.2 Å². The number of H-pyrrole nitrogens is 1. The smallest absolute Gasteiger partial charge is 0.120 e. The van der Waals surface area contributed by atoms with Crippen LogP contribution in [0.25, 0.3) is 10.9 Å². The molecule has 0 fully saturated rings. The second-order valence-corrected chi connectivity index (χ2v) is 4.75. The van der Waals surface area contributed by atoms with Crippen molar-refractivity contribution in [1.29, 1.82) is 0 Å². The van der Waals surface area contributed by atoms with Gasteiger partial charge in [-0.05, 0) is 41.8 Å². The Morgan fingerprint density at radius 1 is 0.950 bits per heavy atom. The number of benzene rings is 2. The molecule has 1 N–H and O–H groups in total. The molecule has 0 unspecified atom stereocenters. The Morgan fingerprint density at radius 2 is 1.75 bits per heavy atom. The largest absolute Gasteiger partial charge is 0.497 e. The molecular weight excluding hydrogens is 250 g/mol. The van der Waals surface area contributed by atoms with E-state index in [-0.39, 0.29) is 0 Å². The van der Waals surface area contributed by atoms with E-state index in [1.807, 2.05) is 24.3 Å². The molecule has 0 saturated carbocycles. The van der Waals surface area contributed by atoms with E-state index in [0.717, 1.165) is 23.4 Å². The lowest BCUT2D eigenvalue weighted by atomic mass is 10.0. The minimum absolute atomic E-state index is 0.868. The van der Waals surface area contributed by atoms with Crippen molar-refractivity contribution in [3.05, 3.63) is 59.8 Å². The number of nitrogens with one attached hydrogen (secondary N) is 1. The molecule has 0 bridgehead atoms. The van der Waals surface area contributed by atoms with Crippen molar-refractivity contribution in [2.24, 2.45) is 0 Å². The van der Waals surface area contributed by atoms with E-state index in [4.69, 9.17) is 9.47 Å². The van der Waals surface area contributed by atoms with Crippen molar-refractivity contribution in [1.82, 2.24) is 4.98 Å². The van der Waals surface area contributed by atoms with Crippen molar-refractivity contribution < 1.29 is 9.47 Å². The summed E-state index contributed by atoms with van der Waals surface area (Å²) in [6.45, 7) is 0. The van der Waals surface area contributed by atoms with Crippen LogP contribution in [0, 0.1) is 0 Å². The van der Waals surface area contributed by atoms with Gasteiger partial charge in [0.25, 0.3) is 0 Å². The number of hydrogen-bond acceptors (Lipinski definition) is 2. The number of aromatic amines is 1. The molecule has 3 aromatic rings. The van der Waals surface area contributed by atoms with Gasteiger partial charge in [0.05, 0.1) is 14.2 Å². The maximum Gasteiger partial charge on any atom is 0.120 e. The summed E-state index contributed by atoms with van der Waals surface area (Å²) in [6, 6.07) is 14.3. The van der Waals surface area contributed by atoms with Gasteiger partial charge in [0, 0.05) is 23.2 Å². The maximum atomic E-state index is 5.27. The summed E-state index contributed by atoms with van der Waals surface area (Å²) < 4.78 is 10.5. The lowest BCUT2D eigenvalue weighted by molar-refractivity contribution is 0.414. The average molecular weight is 267 g/mol. The van der Waals surface area contributed by atoms with Gasteiger partial charge in [-0.15, -0.1) is 0 Å². The summed E-state index contributed by atoms with van der Waals surface area (Å²) in [5.74, 6) is 1.76. The van der Waals surface area contributed by atoms with Crippen LogP contribution in [0.1, 0.15) is 11.1 Å². The molecule has 0 spiro atoms. The quantitative estimate of drug-likeness (QED) is 0.780. The molecule has 102 valence electrons. The first-order valence-electron chi connectivity index (χ1n) is 6.57. The van der Waals surface area contributed by atoms with Crippen molar-refractivity contribution >= 4 is 10.9 Å². The van der Waals surface area contributed by atoms with Gasteiger partial charge in [0.2, 0.25) is 0 Å². The minimum atomic E-state index is 0.868. The zero-order chi connectivity index (χ0) is 13.9. The molecule has 0 aliphatic heterocycles. The van der Waals surface area contributed by atoms with Crippen LogP contribution in [0.4, 0.5) is 0 Å². The third-order valence-electron chi connectivity index (χ3n) is 3.50. The van der Waals surface area contributed by atoms with Crippen LogP contribution in [0.15, 0.2) is 48.7 Å². The van der Waals surface area contributed by atoms with Gasteiger partial charge in [-0.25, -0.2) is 0 Å². The monoisotopic (exact) mass is 267 g/mol. The Morgan fingerprint density at radius 3 is 2.55 bits per heavy atom. The van der Waals surface area contributed by atoms with E-state index in [1.165, 1.54) is 16.5 Å². The lowest BCUT2D eigenvalue weighted by Crippen LogP contribution is -1.89. The third kappa shape index (κ3) is 2.35. The van der Waals surface area contributed by atoms with E-state index >= 15 is 0 Å². The second kappa shape index (κ2) is 5.29. The molecule has 3 heteroatoms. The highest BCUT2D eigenvalue weighted by atomic mass is 16.5. The molecule has 3 nitrogen and oxygen atoms in total. The van der Waals surface area contributed by atoms with Gasteiger partial charge < -0.3 is 14.5 Å². The average Bonchev–Trinajstić information content (AvgIpc) is 2.89. The van der Waals surface area contributed by atoms with E-state index < -0.39 is 0 Å². The summed E-state index contributed by atoms with van der Waals surface area (Å²) >= 11 is 0. The van der Waals surface area contributed by atoms with Crippen LogP contribution in [-0.4, -0.2) is 19.2 Å². The van der Waals surface area contributed by atoms with Gasteiger partial charge in [-0.2, -0.15) is 0 Å². The standard InChI is InChI=1S/C17H17NO2/c1-19-14-5-3-4-12(9-14)8-13-11-18-17-10-15(20-2)6-7-16(13)17/h3-7,9-11,18H,8H2,1-2H3. The summed E-state index contributed by atoms with van der Waals surface area (Å²) in [5, 5.41) is 1.23. The first kappa shape index (κ1) is 12.6. The first-order valence-corrected chi connectivity index (χ1v) is 6.57. The SMILES string of the molecule is COc1cccc(Cc2c[nH]c3cc(OC)ccc23)c1. The highest BCUT2D eigenvalue weighted by Crippen LogP contribution is 2.25. The highest BCUT2D eigenvalue weighted by Gasteiger charge is 2.06. The Balaban J connectivity index is 1.94. The van der Waals surface area contributed by atoms with Gasteiger partial charge in [-0.3, -0.25) is 0 Å². The van der Waals surface area contributed by atoms with Crippen LogP contribution >= 0.6 is 0 Å². The molecule has 1 heterocycles. The summed E-state index contributed by atoms with van der Waals surface area (Å²) in [5.41, 5.74) is 3.61. The Kier molecular flexibility index (Phi) is 3.33. The number of methoxy groups -OCH3 is 2. The molecule has 0 amide bonds. The zero-order valence-electron chi connectivity index (χ0n) is 11.6. The predicted molar refractivity (Wildman–Crippen MR) is 80.7 cm³/mol. The van der Waals surface area contributed by atoms with Gasteiger partial charge >= 0.3 is 0 Å². The van der Waals surface area contributed by atoms with Gasteiger partial charge in [0.1, 0.15) is 11.5 Å². The normalized spacial score (nSPS) is 10.7. The fourth-order valence-corrected chi connectivity index (χ4v) is 2.44. The molecule has 1 aromatic heterocycles. The van der Waals surface area contributed by atoms with Crippen LogP contribution in [-0.2, 0) is 6.42 Å². The molecule has 0 saturated heterocycles. The topological polar surface area (TPSA) is 34.2 Å². The number of aromatic nitrogens is 1. The second-order valence-electron chi connectivity index (χ2n) is 4.75. The van der Waals surface area contributed by atoms with Crippen molar-refractivity contribution in [2.45, 2.75) is 6.42 Å². The molecule has 0 aliphatic carbocycles. The van der Waals surface area contributed by atoms with Gasteiger partial charge in [0.15, 0.2) is 0 Å². The molecule has 0 aliphatic rings. The Hall–Kier alpha value is -2.42. The Bertz CT molecular complexity index is 731. The molecule has 20 heavy (non-hydrogen) atoms. The summed E-state index contributed by atoms with van der Waals surface area (Å²) in [7, 11) is 3.37. The molecule has 0 radical (unpaired) electrons. The lowest BCUT2D eigenvalue weighted by Gasteiger charge is -2.04. The van der Waals surface area contributed by atoms with Crippen LogP contribution in [0.2, 0.25) is 0 Å². The summed E-state index contributed by atoms with van der Waals surface area (Å²) in [6.07, 6.45) is 2.94. The fraction of sp³-hybridized carbons (Fsp3) is 0.176. The number of fused-ring (bicyclic) bond motifs is 1. The van der Waals surface area contributed by atoms with E-state index in [0.29, 0.717) is 0 Å². The zero-order valence-corrected chi connectivity index (χ0v) is 11.6. The predicted octanol–water partition coefficient (Wildman–Crippen LogP) is 3.78. The van der Waals surface area contributed by atoms with Crippen molar-refractivity contribution in [2.75, 3.05) is 14.2 Å². The van der Waals surface area contributed by atoms with Gasteiger partial charge in [-0.1, -0.05) is 12.1 Å². The fourth-order valence-electron chi connectivity index (χ4n) is 2.44. The summed E-state index contributed by atoms with van der Waals surface area (Å²) in [4.78, 5) is 3.30. The van der Waals surface area contributed by atoms with Crippen LogP contribution in [0.5, 0.6) is 11.5 Å². The highest BCUT2D eigenvalue weighted by molar-refractivity contribution is 5.84. The molecule has 0 atom stereocenters. The molecule has 3 rings (SSSR count). The molecular formula is C17H17NO2. The molecule has 2 aromatic carbocycles. The first-order chi connectivity index (χ1) is 9.80. The maximum absolute atomic E-state index is 5.27. The van der Waals surface area contributed by atoms with Crippen molar-refractivity contribution in [3.8, 4) is 11.5 Å². The number of hydrogen-bond donors (Lipinski definition) is 1. The number of rotatable bonds is 4. The van der Waals surface area contributed by atoms with E-state index in [2.05, 4.69) is 29.4 Å².